The molecule has 5 rings (SSSR count). The van der Waals surface area contributed by atoms with Crippen molar-refractivity contribution in [1.29, 1.82) is 0 Å². The maximum atomic E-state index is 10.2. The molecule has 0 heterocycles. The third-order valence-electron chi connectivity index (χ3n) is 13.5. The molecule has 31 heavy (non-hydrogen) atoms. The van der Waals surface area contributed by atoms with Gasteiger partial charge < -0.3 is 5.11 Å². The normalized spacial score (nSPS) is 56.4. The van der Waals surface area contributed by atoms with Gasteiger partial charge in [-0.25, -0.2) is 0 Å². The van der Waals surface area contributed by atoms with Crippen molar-refractivity contribution in [3.8, 4) is 0 Å². The van der Waals surface area contributed by atoms with Crippen LogP contribution in [0, 0.1) is 56.7 Å². The molecule has 0 aromatic rings. The Morgan fingerprint density at radius 2 is 1.39 bits per heavy atom. The van der Waals surface area contributed by atoms with Crippen LogP contribution in [0.3, 0.4) is 0 Å². The summed E-state index contributed by atoms with van der Waals surface area (Å²) in [6.07, 6.45) is 16.3. The summed E-state index contributed by atoms with van der Waals surface area (Å²) in [6.45, 7) is 18.7. The highest BCUT2D eigenvalue weighted by atomic mass is 16.3. The van der Waals surface area contributed by atoms with Crippen LogP contribution in [-0.2, 0) is 0 Å². The molecule has 9 atom stereocenters. The lowest BCUT2D eigenvalue weighted by Gasteiger charge is -2.73. The van der Waals surface area contributed by atoms with Crippen molar-refractivity contribution in [2.24, 2.45) is 56.7 Å². The molecule has 0 amide bonds. The maximum Gasteiger partial charge on any atom is 0.0647 e. The molecule has 0 aromatic carbocycles. The molecule has 0 saturated heterocycles. The fraction of sp³-hybridized carbons (Fsp3) is 0.933. The van der Waals surface area contributed by atoms with Crippen molar-refractivity contribution < 1.29 is 5.11 Å². The first-order valence-electron chi connectivity index (χ1n) is 13.8. The molecule has 5 aliphatic carbocycles. The molecule has 0 unspecified atom stereocenters. The van der Waals surface area contributed by atoms with Crippen LogP contribution in [-0.4, -0.2) is 11.7 Å². The van der Waals surface area contributed by atoms with Crippen molar-refractivity contribution in [2.75, 3.05) is 6.61 Å². The van der Waals surface area contributed by atoms with Crippen molar-refractivity contribution >= 4 is 0 Å². The Hall–Kier alpha value is -0.300. The predicted octanol–water partition coefficient (Wildman–Crippen LogP) is 8.03. The molecule has 0 bridgehead atoms. The number of aliphatic hydroxyl groups excluding tert-OH is 1. The minimum Gasteiger partial charge on any atom is -0.392 e. The monoisotopic (exact) mass is 426 g/mol. The zero-order valence-electron chi connectivity index (χ0n) is 21.7. The van der Waals surface area contributed by atoms with Gasteiger partial charge in [-0.05, 0) is 126 Å². The molecule has 0 spiro atoms. The van der Waals surface area contributed by atoms with E-state index >= 15 is 0 Å². The van der Waals surface area contributed by atoms with E-state index in [1.165, 1.54) is 69.8 Å². The van der Waals surface area contributed by atoms with Crippen molar-refractivity contribution in [2.45, 2.75) is 113 Å². The summed E-state index contributed by atoms with van der Waals surface area (Å²) in [5.74, 6) is 4.30. The highest BCUT2D eigenvalue weighted by Gasteiger charge is 2.71. The van der Waals surface area contributed by atoms with Crippen molar-refractivity contribution in [3.63, 3.8) is 0 Å². The molecule has 1 nitrogen and oxygen atoms in total. The second kappa shape index (κ2) is 6.86. The lowest BCUT2D eigenvalue weighted by molar-refractivity contribution is -0.235. The molecular weight excluding hydrogens is 376 g/mol. The van der Waals surface area contributed by atoms with Gasteiger partial charge in [-0.3, -0.25) is 0 Å². The van der Waals surface area contributed by atoms with Crippen LogP contribution >= 0.6 is 0 Å². The van der Waals surface area contributed by atoms with E-state index < -0.39 is 0 Å². The van der Waals surface area contributed by atoms with Crippen LogP contribution in [0.4, 0.5) is 0 Å². The molecule has 1 heteroatoms. The van der Waals surface area contributed by atoms with Gasteiger partial charge in [0.15, 0.2) is 0 Å². The summed E-state index contributed by atoms with van der Waals surface area (Å²) in [7, 11) is 0. The van der Waals surface area contributed by atoms with Gasteiger partial charge in [0.1, 0.15) is 0 Å². The van der Waals surface area contributed by atoms with Gasteiger partial charge >= 0.3 is 0 Å². The number of aliphatic hydroxyl groups is 1. The second-order valence-electron chi connectivity index (χ2n) is 14.4. The minimum absolute atomic E-state index is 0.238. The minimum atomic E-state index is 0.238. The Balaban J connectivity index is 1.53. The summed E-state index contributed by atoms with van der Waals surface area (Å²) >= 11 is 0. The van der Waals surface area contributed by atoms with Crippen molar-refractivity contribution in [3.05, 3.63) is 11.6 Å². The first-order valence-corrected chi connectivity index (χ1v) is 13.8. The number of hydrogen-bond donors (Lipinski definition) is 1. The molecule has 1 N–H and O–H groups in total. The summed E-state index contributed by atoms with van der Waals surface area (Å²) in [5, 5.41) is 10.2. The predicted molar refractivity (Wildman–Crippen MR) is 131 cm³/mol. The highest BCUT2D eigenvalue weighted by molar-refractivity contribution is 5.26. The SMILES string of the molecule is CC(C)[C@H]1CC[C@@H]2[C@]1(C)CC[C@]1(C)[C@H]3CC[C@]4(C)C(CO)=CCC[C@H]4[C@]3(C)CC[C@@]21C. The Bertz CT molecular complexity index is 766. The Morgan fingerprint density at radius 3 is 2.00 bits per heavy atom. The van der Waals surface area contributed by atoms with E-state index in [4.69, 9.17) is 0 Å². The Labute approximate surface area is 192 Å². The first-order chi connectivity index (χ1) is 14.5. The second-order valence-corrected chi connectivity index (χ2v) is 14.4. The van der Waals surface area contributed by atoms with Gasteiger partial charge in [0.25, 0.3) is 0 Å². The van der Waals surface area contributed by atoms with E-state index in [1.807, 2.05) is 0 Å². The molecule has 0 radical (unpaired) electrons. The third kappa shape index (κ3) is 2.60. The van der Waals surface area contributed by atoms with E-state index in [9.17, 15) is 5.11 Å². The van der Waals surface area contributed by atoms with Crippen LogP contribution in [0.5, 0.6) is 0 Å². The molecule has 0 aromatic heterocycles. The number of hydrogen-bond acceptors (Lipinski definition) is 1. The summed E-state index contributed by atoms with van der Waals surface area (Å²) < 4.78 is 0. The lowest BCUT2D eigenvalue weighted by Crippen LogP contribution is -2.66. The van der Waals surface area contributed by atoms with Gasteiger partial charge in [0.2, 0.25) is 0 Å². The fourth-order valence-corrected chi connectivity index (χ4v) is 11.8. The Morgan fingerprint density at radius 1 is 0.774 bits per heavy atom. The zero-order chi connectivity index (χ0) is 22.4. The molecule has 5 aliphatic rings. The largest absolute Gasteiger partial charge is 0.392 e. The molecule has 4 fully saturated rings. The van der Waals surface area contributed by atoms with E-state index in [1.54, 1.807) is 0 Å². The van der Waals surface area contributed by atoms with E-state index in [2.05, 4.69) is 54.5 Å². The lowest BCUT2D eigenvalue weighted by atomic mass is 9.32. The summed E-state index contributed by atoms with van der Waals surface area (Å²) in [4.78, 5) is 0. The van der Waals surface area contributed by atoms with Gasteiger partial charge in [-0.15, -0.1) is 0 Å². The van der Waals surface area contributed by atoms with Gasteiger partial charge in [-0.2, -0.15) is 0 Å². The average molecular weight is 427 g/mol. The van der Waals surface area contributed by atoms with Crippen LogP contribution in [0.25, 0.3) is 0 Å². The van der Waals surface area contributed by atoms with Crippen LogP contribution in [0.15, 0.2) is 11.6 Å². The van der Waals surface area contributed by atoms with Gasteiger partial charge in [0, 0.05) is 0 Å². The number of fused-ring (bicyclic) bond motifs is 7. The molecule has 176 valence electrons. The van der Waals surface area contributed by atoms with E-state index in [0.29, 0.717) is 21.7 Å². The number of allylic oxidation sites excluding steroid dienone is 1. The fourth-order valence-electron chi connectivity index (χ4n) is 11.8. The standard InChI is InChI=1S/C30H50O/c1-20(2)22-11-12-24-27(22,4)15-17-30(7)25-13-14-26(3)21(19-31)9-8-10-23(26)28(25,5)16-18-29(24,30)6/h9,20,22-25,31H,8,10-19H2,1-7H3/t22-,23-,24-,25+,26-,27-,28+,29+,30-/m1/s1. The molecular formula is C30H50O. The smallest absolute Gasteiger partial charge is 0.0647 e. The maximum absolute atomic E-state index is 10.2. The first kappa shape index (κ1) is 22.5. The highest BCUT2D eigenvalue weighted by Crippen LogP contribution is 2.78. The van der Waals surface area contributed by atoms with Crippen LogP contribution in [0.2, 0.25) is 0 Å². The molecule has 4 saturated carbocycles. The topological polar surface area (TPSA) is 20.2 Å². The average Bonchev–Trinajstić information content (AvgIpc) is 3.08. The summed E-state index contributed by atoms with van der Waals surface area (Å²) in [6, 6.07) is 0. The quantitative estimate of drug-likeness (QED) is 0.443. The van der Waals surface area contributed by atoms with Gasteiger partial charge in [0.05, 0.1) is 6.61 Å². The van der Waals surface area contributed by atoms with E-state index in [-0.39, 0.29) is 12.0 Å². The van der Waals surface area contributed by atoms with Crippen molar-refractivity contribution in [1.82, 2.24) is 0 Å². The zero-order valence-corrected chi connectivity index (χ0v) is 21.7. The molecule has 0 aliphatic heterocycles. The third-order valence-corrected chi connectivity index (χ3v) is 13.5. The van der Waals surface area contributed by atoms with Gasteiger partial charge in [-0.1, -0.05) is 54.5 Å². The van der Waals surface area contributed by atoms with E-state index in [0.717, 1.165) is 29.6 Å². The van der Waals surface area contributed by atoms with Crippen LogP contribution in [0.1, 0.15) is 113 Å². The summed E-state index contributed by atoms with van der Waals surface area (Å²) in [5.41, 5.74) is 3.61. The van der Waals surface area contributed by atoms with Crippen LogP contribution < -0.4 is 0 Å². The Kier molecular flexibility index (Phi) is 4.98. The number of rotatable bonds is 2.